The van der Waals surface area contributed by atoms with Crippen LogP contribution in [0.4, 0.5) is 0 Å². The van der Waals surface area contributed by atoms with Crippen molar-refractivity contribution >= 4 is 6.21 Å². The molecule has 0 unspecified atom stereocenters. The van der Waals surface area contributed by atoms with Crippen molar-refractivity contribution in [3.8, 4) is 0 Å². The van der Waals surface area contributed by atoms with E-state index in [1.807, 2.05) is 32.9 Å². The molecule has 0 aliphatic carbocycles. The molecule has 1 aromatic heterocycles. The first-order valence-electron chi connectivity index (χ1n) is 3.76. The number of aryl methyl sites for hydroxylation is 1. The molecule has 60 valence electrons. The number of hydrogen-bond acceptors (Lipinski definition) is 2. The molecule has 1 N–H and O–H groups in total. The second-order valence-electron chi connectivity index (χ2n) is 1.85. The van der Waals surface area contributed by atoms with Gasteiger partial charge in [0.25, 0.3) is 0 Å². The van der Waals surface area contributed by atoms with E-state index in [0.29, 0.717) is 0 Å². The van der Waals surface area contributed by atoms with Gasteiger partial charge in [-0.3, -0.25) is 4.98 Å². The number of aromatic nitrogens is 1. The van der Waals surface area contributed by atoms with Crippen molar-refractivity contribution < 1.29 is 0 Å². The molecule has 0 fully saturated rings. The quantitative estimate of drug-likeness (QED) is 0.613. The van der Waals surface area contributed by atoms with Crippen LogP contribution in [-0.4, -0.2) is 11.2 Å². The molecular formula is C9H14N2. The Balaban J connectivity index is 0.000000461. The molecule has 2 nitrogen and oxygen atoms in total. The lowest BCUT2D eigenvalue weighted by molar-refractivity contribution is 1.24. The molecule has 1 rings (SSSR count). The average molecular weight is 150 g/mol. The van der Waals surface area contributed by atoms with Crippen LogP contribution in [0.3, 0.4) is 0 Å². The highest BCUT2D eigenvalue weighted by Crippen LogP contribution is 1.97. The van der Waals surface area contributed by atoms with Crippen molar-refractivity contribution in [2.24, 2.45) is 0 Å². The van der Waals surface area contributed by atoms with Gasteiger partial charge in [-0.25, -0.2) is 0 Å². The lowest BCUT2D eigenvalue weighted by Gasteiger charge is -1.93. The van der Waals surface area contributed by atoms with Crippen LogP contribution in [0.25, 0.3) is 0 Å². The first-order valence-corrected chi connectivity index (χ1v) is 3.76. The van der Waals surface area contributed by atoms with Gasteiger partial charge in [0.05, 0.1) is 5.69 Å². The minimum Gasteiger partial charge on any atom is -0.306 e. The first-order chi connectivity index (χ1) is 5.34. The third-order valence-electron chi connectivity index (χ3n) is 1.19. The van der Waals surface area contributed by atoms with Gasteiger partial charge in [0, 0.05) is 12.4 Å². The summed E-state index contributed by atoms with van der Waals surface area (Å²) in [6.07, 6.45) is 2.95. The van der Waals surface area contributed by atoms with E-state index in [9.17, 15) is 0 Å². The first kappa shape index (κ1) is 9.82. The normalized spacial score (nSPS) is 7.91. The summed E-state index contributed by atoms with van der Waals surface area (Å²) in [4.78, 5) is 3.95. The van der Waals surface area contributed by atoms with E-state index < -0.39 is 0 Å². The van der Waals surface area contributed by atoms with E-state index in [2.05, 4.69) is 4.98 Å². The number of nitrogens with zero attached hydrogens (tertiary/aromatic N) is 1. The monoisotopic (exact) mass is 150 g/mol. The summed E-state index contributed by atoms with van der Waals surface area (Å²) in [6, 6.07) is 3.80. The van der Waals surface area contributed by atoms with Crippen LogP contribution in [0.15, 0.2) is 18.3 Å². The Kier molecular flexibility index (Phi) is 4.99. The van der Waals surface area contributed by atoms with Crippen molar-refractivity contribution in [1.29, 1.82) is 5.41 Å². The standard InChI is InChI=1S/C7H8N2.C2H6/c1-6-3-2-4-9-7(6)5-8;1-2/h2-5,8H,1H3;1-2H3. The molecule has 0 bridgehead atoms. The molecule has 0 aliphatic rings. The molecule has 1 aromatic rings. The van der Waals surface area contributed by atoms with Crippen LogP contribution in [0, 0.1) is 12.3 Å². The summed E-state index contributed by atoms with van der Waals surface area (Å²) in [5.41, 5.74) is 1.80. The van der Waals surface area contributed by atoms with Crippen LogP contribution < -0.4 is 0 Å². The largest absolute Gasteiger partial charge is 0.306 e. The highest BCUT2D eigenvalue weighted by atomic mass is 14.7. The second-order valence-corrected chi connectivity index (χ2v) is 1.85. The summed E-state index contributed by atoms with van der Waals surface area (Å²) in [5.74, 6) is 0. The molecule has 0 aliphatic heterocycles. The third-order valence-corrected chi connectivity index (χ3v) is 1.19. The van der Waals surface area contributed by atoms with E-state index in [0.717, 1.165) is 11.3 Å². The van der Waals surface area contributed by atoms with Gasteiger partial charge in [-0.2, -0.15) is 0 Å². The van der Waals surface area contributed by atoms with E-state index in [4.69, 9.17) is 5.41 Å². The molecule has 11 heavy (non-hydrogen) atoms. The summed E-state index contributed by atoms with van der Waals surface area (Å²) in [7, 11) is 0. The molecular weight excluding hydrogens is 136 g/mol. The van der Waals surface area contributed by atoms with Crippen molar-refractivity contribution in [2.75, 3.05) is 0 Å². The molecule has 1 heterocycles. The SMILES string of the molecule is CC.Cc1cccnc1C=N. The van der Waals surface area contributed by atoms with Crippen LogP contribution >= 0.6 is 0 Å². The Hall–Kier alpha value is -1.18. The lowest BCUT2D eigenvalue weighted by Crippen LogP contribution is -1.88. The lowest BCUT2D eigenvalue weighted by atomic mass is 10.2. The Bertz CT molecular complexity index is 219. The number of nitrogens with one attached hydrogen (secondary N) is 1. The maximum absolute atomic E-state index is 6.90. The van der Waals surface area contributed by atoms with Gasteiger partial charge in [-0.05, 0) is 18.6 Å². The van der Waals surface area contributed by atoms with E-state index in [1.165, 1.54) is 6.21 Å². The number of pyridine rings is 1. The third kappa shape index (κ3) is 2.94. The minimum absolute atomic E-state index is 0.748. The minimum atomic E-state index is 0.748. The van der Waals surface area contributed by atoms with Gasteiger partial charge in [0.2, 0.25) is 0 Å². The van der Waals surface area contributed by atoms with E-state index in [-0.39, 0.29) is 0 Å². The highest BCUT2D eigenvalue weighted by Gasteiger charge is 1.89. The van der Waals surface area contributed by atoms with Crippen LogP contribution in [0.1, 0.15) is 25.1 Å². The summed E-state index contributed by atoms with van der Waals surface area (Å²) in [6.45, 7) is 5.94. The van der Waals surface area contributed by atoms with Crippen molar-refractivity contribution in [3.05, 3.63) is 29.6 Å². The zero-order chi connectivity index (χ0) is 8.69. The Morgan fingerprint density at radius 3 is 2.45 bits per heavy atom. The molecule has 0 radical (unpaired) electrons. The second kappa shape index (κ2) is 5.59. The predicted molar refractivity (Wildman–Crippen MR) is 48.2 cm³/mol. The maximum atomic E-state index is 6.90. The van der Waals surface area contributed by atoms with Crippen LogP contribution in [-0.2, 0) is 0 Å². The van der Waals surface area contributed by atoms with Crippen LogP contribution in [0.5, 0.6) is 0 Å². The van der Waals surface area contributed by atoms with Gasteiger partial charge in [0.15, 0.2) is 0 Å². The topological polar surface area (TPSA) is 36.7 Å². The Morgan fingerprint density at radius 1 is 1.45 bits per heavy atom. The molecule has 0 amide bonds. The van der Waals surface area contributed by atoms with Crippen molar-refractivity contribution in [2.45, 2.75) is 20.8 Å². The Morgan fingerprint density at radius 2 is 2.09 bits per heavy atom. The summed E-state index contributed by atoms with van der Waals surface area (Å²) >= 11 is 0. The molecule has 2 heteroatoms. The number of rotatable bonds is 1. The fourth-order valence-corrected chi connectivity index (χ4v) is 0.649. The molecule has 0 saturated heterocycles. The van der Waals surface area contributed by atoms with Gasteiger partial charge in [-0.1, -0.05) is 19.9 Å². The molecule has 0 atom stereocenters. The Labute approximate surface area is 67.8 Å². The van der Waals surface area contributed by atoms with Gasteiger partial charge in [-0.15, -0.1) is 0 Å². The predicted octanol–water partition coefficient (Wildman–Crippen LogP) is 2.41. The molecule has 0 aromatic carbocycles. The van der Waals surface area contributed by atoms with E-state index in [1.54, 1.807) is 6.20 Å². The smallest absolute Gasteiger partial charge is 0.0834 e. The summed E-state index contributed by atoms with van der Waals surface area (Å²) in [5, 5.41) is 6.90. The van der Waals surface area contributed by atoms with Crippen LogP contribution in [0.2, 0.25) is 0 Å². The fourth-order valence-electron chi connectivity index (χ4n) is 0.649. The summed E-state index contributed by atoms with van der Waals surface area (Å²) < 4.78 is 0. The molecule has 0 spiro atoms. The van der Waals surface area contributed by atoms with Gasteiger partial charge < -0.3 is 5.41 Å². The fraction of sp³-hybridized carbons (Fsp3) is 0.333. The average Bonchev–Trinajstić information content (AvgIpc) is 2.09. The highest BCUT2D eigenvalue weighted by molar-refractivity contribution is 5.75. The van der Waals surface area contributed by atoms with Gasteiger partial charge >= 0.3 is 0 Å². The van der Waals surface area contributed by atoms with Crippen molar-refractivity contribution in [1.82, 2.24) is 4.98 Å². The van der Waals surface area contributed by atoms with Gasteiger partial charge in [0.1, 0.15) is 0 Å². The maximum Gasteiger partial charge on any atom is 0.0834 e. The molecule has 0 saturated carbocycles. The number of hydrogen-bond donors (Lipinski definition) is 1. The van der Waals surface area contributed by atoms with Crippen molar-refractivity contribution in [3.63, 3.8) is 0 Å². The zero-order valence-electron chi connectivity index (χ0n) is 7.26. The zero-order valence-corrected chi connectivity index (χ0v) is 7.26. The van der Waals surface area contributed by atoms with E-state index >= 15 is 0 Å².